The number of hydrogen-bond donors (Lipinski definition) is 0. The van der Waals surface area contributed by atoms with Crippen LogP contribution in [0.1, 0.15) is 217 Å². The molecular weight excluding hydrogens is 1020 g/mol. The fourth-order valence-corrected chi connectivity index (χ4v) is 13.2. The van der Waals surface area contributed by atoms with Crippen molar-refractivity contribution in [3.63, 3.8) is 0 Å². The predicted molar refractivity (Wildman–Crippen MR) is 361 cm³/mol. The van der Waals surface area contributed by atoms with E-state index >= 15 is 0 Å². The molecule has 0 unspecified atom stereocenters. The van der Waals surface area contributed by atoms with E-state index < -0.39 is 0 Å². The first-order valence-corrected chi connectivity index (χ1v) is 33.0. The van der Waals surface area contributed by atoms with Crippen LogP contribution < -0.4 is 0 Å². The molecule has 0 aliphatic rings. The van der Waals surface area contributed by atoms with Gasteiger partial charge in [0, 0.05) is 55.9 Å². The van der Waals surface area contributed by atoms with Gasteiger partial charge >= 0.3 is 0 Å². The molecule has 12 rings (SSSR count). The van der Waals surface area contributed by atoms with Crippen molar-refractivity contribution >= 4 is 109 Å². The molecule has 0 amide bonds. The highest BCUT2D eigenvalue weighted by Gasteiger charge is 2.23. The first-order valence-electron chi connectivity index (χ1n) is 33.0. The van der Waals surface area contributed by atoms with Crippen molar-refractivity contribution < 1.29 is 17.7 Å². The summed E-state index contributed by atoms with van der Waals surface area (Å²) in [6, 6.07) is 43.2. The van der Waals surface area contributed by atoms with Crippen molar-refractivity contribution in [2.24, 2.45) is 0 Å². The fourth-order valence-electron chi connectivity index (χ4n) is 13.2. The number of rotatable bonds is 26. The highest BCUT2D eigenvalue weighted by atomic mass is 16.3. The quantitative estimate of drug-likeness (QED) is 0.0400. The molecule has 4 heterocycles. The van der Waals surface area contributed by atoms with Gasteiger partial charge in [-0.2, -0.15) is 0 Å². The summed E-state index contributed by atoms with van der Waals surface area (Å²) in [6.07, 6.45) is 34.7. The van der Waals surface area contributed by atoms with Crippen LogP contribution in [0.15, 0.2) is 139 Å². The largest absolute Gasteiger partial charge is 0.456 e. The summed E-state index contributed by atoms with van der Waals surface area (Å²) in [5.41, 5.74) is 12.2. The van der Waals surface area contributed by atoms with Crippen molar-refractivity contribution in [3.05, 3.63) is 144 Å². The van der Waals surface area contributed by atoms with E-state index in [9.17, 15) is 0 Å². The lowest BCUT2D eigenvalue weighted by atomic mass is 9.91. The zero-order valence-electron chi connectivity index (χ0n) is 51.0. The number of fused-ring (bicyclic) bond motifs is 18. The molecule has 0 radical (unpaired) electrons. The molecule has 0 fully saturated rings. The van der Waals surface area contributed by atoms with Gasteiger partial charge in [0.2, 0.25) is 0 Å². The maximum atomic E-state index is 6.62. The van der Waals surface area contributed by atoms with Gasteiger partial charge in [0.25, 0.3) is 0 Å². The number of benzene rings is 8. The minimum absolute atomic E-state index is 0.868. The number of para-hydroxylation sites is 4. The van der Waals surface area contributed by atoms with Crippen molar-refractivity contribution in [1.29, 1.82) is 0 Å². The van der Waals surface area contributed by atoms with Gasteiger partial charge in [-0.15, -0.1) is 0 Å². The average Bonchev–Trinajstić information content (AvgIpc) is 1.72. The summed E-state index contributed by atoms with van der Waals surface area (Å²) in [5.74, 6) is 14.0. The summed E-state index contributed by atoms with van der Waals surface area (Å²) in [5, 5.41) is 14.4. The smallest absolute Gasteiger partial charge is 0.151 e. The van der Waals surface area contributed by atoms with E-state index in [0.717, 1.165) is 127 Å². The van der Waals surface area contributed by atoms with Crippen LogP contribution in [-0.2, 0) is 12.8 Å². The Morgan fingerprint density at radius 3 is 0.893 bits per heavy atom. The van der Waals surface area contributed by atoms with Crippen LogP contribution in [0.25, 0.3) is 109 Å². The Kier molecular flexibility index (Phi) is 20.1. The standard InChI is InChI=1S/C42H44O2.C38H44O2/c1-3-5-7-9-11-13-15-17-23-31-29-35-36(39-33-25-19-21-27-37(33)43-41(31)39)30-32(24-18-16-14-12-10-8-6-4-2)42-40(35)34-26-20-22-28-38(34)44-42;1-3-5-7-9-11-13-19-27-25-31-32(35-29-21-15-17-23-33(29)39-37(27)35)26-28(20-14-12-10-8-6-4-2)38-36(31)30-22-16-18-24-34(30)40-38/h19-22,25-30H,3-16H2,1-2H3;15-18,21-26H,3-14,19-20H2,1-2H3. The van der Waals surface area contributed by atoms with Gasteiger partial charge < -0.3 is 17.7 Å². The summed E-state index contributed by atoms with van der Waals surface area (Å²) in [4.78, 5) is 0. The summed E-state index contributed by atoms with van der Waals surface area (Å²) in [6.45, 7) is 9.10. The van der Waals surface area contributed by atoms with Crippen LogP contribution >= 0.6 is 0 Å². The van der Waals surface area contributed by atoms with E-state index in [-0.39, 0.29) is 0 Å². The third-order valence-corrected chi connectivity index (χ3v) is 17.7. The molecule has 0 saturated heterocycles. The third-order valence-electron chi connectivity index (χ3n) is 17.7. The van der Waals surface area contributed by atoms with Gasteiger partial charge in [-0.25, -0.2) is 0 Å². The van der Waals surface area contributed by atoms with Gasteiger partial charge in [0.15, 0.2) is 11.2 Å². The Hall–Kier alpha value is -7.40. The lowest BCUT2D eigenvalue weighted by molar-refractivity contribution is 0.603. The van der Waals surface area contributed by atoms with Gasteiger partial charge in [0.05, 0.1) is 11.1 Å². The Morgan fingerprint density at radius 1 is 0.274 bits per heavy atom. The van der Waals surface area contributed by atoms with Gasteiger partial charge in [-0.05, 0) is 120 Å². The number of aryl methyl sites for hydroxylation is 2. The van der Waals surface area contributed by atoms with Crippen LogP contribution in [0.2, 0.25) is 0 Å². The predicted octanol–water partition coefficient (Wildman–Crippen LogP) is 25.3. The molecule has 0 spiro atoms. The van der Waals surface area contributed by atoms with Crippen molar-refractivity contribution in [2.75, 3.05) is 0 Å². The highest BCUT2D eigenvalue weighted by Crippen LogP contribution is 2.46. The molecule has 0 atom stereocenters. The Balaban J connectivity index is 0.000000176. The molecule has 8 aromatic carbocycles. The molecule has 0 N–H and O–H groups in total. The maximum absolute atomic E-state index is 6.62. The Bertz CT molecular complexity index is 4020. The lowest BCUT2D eigenvalue weighted by Gasteiger charge is -2.11. The maximum Gasteiger partial charge on any atom is 0.151 e. The zero-order valence-corrected chi connectivity index (χ0v) is 51.0. The van der Waals surface area contributed by atoms with Gasteiger partial charge in [0.1, 0.15) is 33.5 Å². The zero-order chi connectivity index (χ0) is 57.5. The molecule has 4 heteroatoms. The SMILES string of the molecule is CCCCCCCCC#Cc1cc2c(cc(C#CCCCCCCCC)c3oc4ccccc4c32)c2c1oc1ccccc12.CCCCCCCCc1cc2c(cc(CCCCCCCC)c3oc4ccccc4c32)c2c1oc1ccccc12. The minimum atomic E-state index is 0.868. The van der Waals surface area contributed by atoms with E-state index in [1.165, 1.54) is 185 Å². The first-order chi connectivity index (χ1) is 41.6. The fraction of sp³-hybridized carbons (Fsp3) is 0.400. The molecule has 4 aromatic heterocycles. The van der Waals surface area contributed by atoms with E-state index in [2.05, 4.69) is 161 Å². The third kappa shape index (κ3) is 13.0. The average molecular weight is 1110 g/mol. The molecule has 0 saturated carbocycles. The first kappa shape index (κ1) is 58.4. The monoisotopic (exact) mass is 1110 g/mol. The summed E-state index contributed by atoms with van der Waals surface area (Å²) < 4.78 is 26.3. The normalized spacial score (nSPS) is 11.8. The van der Waals surface area contributed by atoms with E-state index in [1.54, 1.807) is 0 Å². The lowest BCUT2D eigenvalue weighted by Crippen LogP contribution is -1.92. The number of unbranched alkanes of at least 4 members (excludes halogenated alkanes) is 22. The van der Waals surface area contributed by atoms with E-state index in [0.29, 0.717) is 0 Å². The van der Waals surface area contributed by atoms with Gasteiger partial charge in [-0.1, -0.05) is 253 Å². The molecule has 432 valence electrons. The second kappa shape index (κ2) is 28.9. The van der Waals surface area contributed by atoms with Crippen molar-refractivity contribution in [3.8, 4) is 23.7 Å². The van der Waals surface area contributed by atoms with Crippen molar-refractivity contribution in [2.45, 2.75) is 207 Å². The minimum Gasteiger partial charge on any atom is -0.456 e. The van der Waals surface area contributed by atoms with Crippen LogP contribution in [0, 0.1) is 23.7 Å². The molecule has 0 bridgehead atoms. The highest BCUT2D eigenvalue weighted by molar-refractivity contribution is 6.30. The Labute approximate surface area is 499 Å². The summed E-state index contributed by atoms with van der Waals surface area (Å²) >= 11 is 0. The van der Waals surface area contributed by atoms with Crippen molar-refractivity contribution in [1.82, 2.24) is 0 Å². The second-order valence-electron chi connectivity index (χ2n) is 24.0. The number of hydrogen-bond acceptors (Lipinski definition) is 4. The van der Waals surface area contributed by atoms with E-state index in [1.807, 2.05) is 12.1 Å². The number of furan rings is 4. The van der Waals surface area contributed by atoms with Crippen LogP contribution in [0.3, 0.4) is 0 Å². The second-order valence-corrected chi connectivity index (χ2v) is 24.0. The molecule has 0 aliphatic heterocycles. The van der Waals surface area contributed by atoms with Gasteiger partial charge in [-0.3, -0.25) is 0 Å². The van der Waals surface area contributed by atoms with Crippen LogP contribution in [-0.4, -0.2) is 0 Å². The van der Waals surface area contributed by atoms with E-state index in [4.69, 9.17) is 17.7 Å². The molecular formula is C80H88O4. The van der Waals surface area contributed by atoms with Crippen LogP contribution in [0.5, 0.6) is 0 Å². The Morgan fingerprint density at radius 2 is 0.548 bits per heavy atom. The molecule has 0 aliphatic carbocycles. The topological polar surface area (TPSA) is 52.6 Å². The molecule has 12 aromatic rings. The van der Waals surface area contributed by atoms with Crippen LogP contribution in [0.4, 0.5) is 0 Å². The summed E-state index contributed by atoms with van der Waals surface area (Å²) in [7, 11) is 0. The molecule has 84 heavy (non-hydrogen) atoms. The molecule has 4 nitrogen and oxygen atoms in total.